The molecule has 0 spiro atoms. The van der Waals surface area contributed by atoms with E-state index in [0.717, 1.165) is 48.7 Å². The van der Waals surface area contributed by atoms with E-state index < -0.39 is 90.7 Å². The van der Waals surface area contributed by atoms with Gasteiger partial charge in [0.25, 0.3) is 0 Å². The van der Waals surface area contributed by atoms with E-state index in [2.05, 4.69) is 10.1 Å². The maximum Gasteiger partial charge on any atom is 0.383 e. The molecule has 7 unspecified atom stereocenters. The van der Waals surface area contributed by atoms with Crippen LogP contribution >= 0.6 is 0 Å². The van der Waals surface area contributed by atoms with Gasteiger partial charge in [-0.15, -0.1) is 0 Å². The maximum atomic E-state index is 16.0. The summed E-state index contributed by atoms with van der Waals surface area (Å²) >= 11 is 0. The fourth-order valence-electron chi connectivity index (χ4n) is 3.71. The molecule has 214 valence electrons. The van der Waals surface area contributed by atoms with Crippen LogP contribution in [-0.2, 0) is 66.7 Å². The molecule has 1 rings (SSSR count). The minimum atomic E-state index is -3.25. The maximum absolute atomic E-state index is 16.0. The molecule has 15 nitrogen and oxygen atoms in total. The number of methoxy groups -OCH3 is 1. The first-order valence-corrected chi connectivity index (χ1v) is 11.1. The van der Waals surface area contributed by atoms with Crippen LogP contribution in [0.25, 0.3) is 0 Å². The summed E-state index contributed by atoms with van der Waals surface area (Å²) in [5.41, 5.74) is 0. The number of halogens is 1. The van der Waals surface area contributed by atoms with Crippen molar-refractivity contribution in [3.63, 3.8) is 0 Å². The molecule has 1 saturated heterocycles. The van der Waals surface area contributed by atoms with Crippen molar-refractivity contribution in [2.75, 3.05) is 13.7 Å². The number of esters is 6. The Balaban J connectivity index is 3.93. The normalized spacial score (nSPS) is 26.0. The summed E-state index contributed by atoms with van der Waals surface area (Å²) in [6, 6.07) is -1.75. The van der Waals surface area contributed by atoms with E-state index in [-0.39, 0.29) is 0 Å². The highest BCUT2D eigenvalue weighted by molar-refractivity contribution is 5.83. The molecule has 38 heavy (non-hydrogen) atoms. The molecule has 1 N–H and O–H groups in total. The summed E-state index contributed by atoms with van der Waals surface area (Å²) in [6.45, 7) is 4.89. The average molecular weight is 551 g/mol. The van der Waals surface area contributed by atoms with Gasteiger partial charge in [0.1, 0.15) is 12.7 Å². The average Bonchev–Trinajstić information content (AvgIpc) is 2.77. The second-order valence-electron chi connectivity index (χ2n) is 8.06. The number of ether oxygens (including phenoxy) is 7. The molecule has 1 aliphatic heterocycles. The van der Waals surface area contributed by atoms with Gasteiger partial charge in [-0.25, -0.2) is 9.18 Å². The lowest BCUT2D eigenvalue weighted by Gasteiger charge is -2.49. The Morgan fingerprint density at radius 1 is 0.868 bits per heavy atom. The second kappa shape index (κ2) is 13.6. The van der Waals surface area contributed by atoms with Crippen LogP contribution in [0.3, 0.4) is 0 Å². The van der Waals surface area contributed by atoms with E-state index >= 15 is 4.39 Å². The number of carbonyl (C=O) groups is 7. The Morgan fingerprint density at radius 2 is 1.45 bits per heavy atom. The minimum Gasteiger partial charge on any atom is -0.464 e. The van der Waals surface area contributed by atoms with Gasteiger partial charge in [-0.3, -0.25) is 28.8 Å². The first-order chi connectivity index (χ1) is 17.5. The molecular weight excluding hydrogens is 521 g/mol. The fourth-order valence-corrected chi connectivity index (χ4v) is 3.71. The van der Waals surface area contributed by atoms with Crippen molar-refractivity contribution in [2.24, 2.45) is 0 Å². The van der Waals surface area contributed by atoms with Crippen molar-refractivity contribution >= 4 is 41.7 Å². The van der Waals surface area contributed by atoms with E-state index in [9.17, 15) is 33.6 Å². The summed E-state index contributed by atoms with van der Waals surface area (Å²) in [5.74, 6) is -10.8. The molecule has 0 radical (unpaired) electrons. The van der Waals surface area contributed by atoms with Gasteiger partial charge in [0.15, 0.2) is 18.3 Å². The number of alkyl halides is 1. The summed E-state index contributed by atoms with van der Waals surface area (Å²) in [4.78, 5) is 84.0. The van der Waals surface area contributed by atoms with Crippen molar-refractivity contribution in [1.82, 2.24) is 5.32 Å². The fraction of sp³-hybridized carbons (Fsp3) is 0.682. The second-order valence-corrected chi connectivity index (χ2v) is 8.06. The zero-order chi connectivity index (χ0) is 29.4. The van der Waals surface area contributed by atoms with Crippen LogP contribution in [0.15, 0.2) is 0 Å². The number of carbonyl (C=O) groups excluding carboxylic acids is 7. The van der Waals surface area contributed by atoms with Crippen molar-refractivity contribution < 1.29 is 71.1 Å². The number of nitrogens with one attached hydrogen (secondary N) is 1. The molecule has 0 bridgehead atoms. The minimum absolute atomic E-state index is 0.740. The van der Waals surface area contributed by atoms with Gasteiger partial charge in [0.05, 0.1) is 13.2 Å². The van der Waals surface area contributed by atoms with Gasteiger partial charge in [-0.1, -0.05) is 0 Å². The molecule has 0 saturated carbocycles. The van der Waals surface area contributed by atoms with E-state index in [1.165, 1.54) is 0 Å². The Hall–Kier alpha value is -3.82. The quantitative estimate of drug-likeness (QED) is 0.257. The highest BCUT2D eigenvalue weighted by atomic mass is 19.1. The van der Waals surface area contributed by atoms with Gasteiger partial charge in [0, 0.05) is 41.5 Å². The molecule has 1 aliphatic rings. The Bertz CT molecular complexity index is 954. The Morgan fingerprint density at radius 3 is 1.87 bits per heavy atom. The predicted octanol–water partition coefficient (Wildman–Crippen LogP) is -0.981. The molecule has 0 aromatic carbocycles. The van der Waals surface area contributed by atoms with Gasteiger partial charge in [-0.2, -0.15) is 0 Å². The van der Waals surface area contributed by atoms with Crippen LogP contribution in [0.1, 0.15) is 41.5 Å². The molecule has 16 heteroatoms. The molecule has 1 fully saturated rings. The van der Waals surface area contributed by atoms with E-state index in [4.69, 9.17) is 28.4 Å². The SMILES string of the molecule is COC(=O)C1(OC(C)=O)OC(C(OC(C)=O)C(COC(C)=O)OC(C)=O)C(NC(C)=O)C(OC(C)=O)C1F. The number of hydrogen-bond donors (Lipinski definition) is 1. The molecule has 0 aliphatic carbocycles. The lowest BCUT2D eigenvalue weighted by molar-refractivity contribution is -0.326. The van der Waals surface area contributed by atoms with Gasteiger partial charge in [0.2, 0.25) is 12.1 Å². The largest absolute Gasteiger partial charge is 0.464 e. The highest BCUT2D eigenvalue weighted by Crippen LogP contribution is 2.39. The van der Waals surface area contributed by atoms with Crippen molar-refractivity contribution in [3.05, 3.63) is 0 Å². The first-order valence-electron chi connectivity index (χ1n) is 11.1. The zero-order valence-corrected chi connectivity index (χ0v) is 21.8. The van der Waals surface area contributed by atoms with Crippen LogP contribution in [0.5, 0.6) is 0 Å². The van der Waals surface area contributed by atoms with Gasteiger partial charge < -0.3 is 38.5 Å². The molecular formula is C22H30FNO14. The van der Waals surface area contributed by atoms with Crippen molar-refractivity contribution in [3.8, 4) is 0 Å². The van der Waals surface area contributed by atoms with Crippen LogP contribution in [0.4, 0.5) is 4.39 Å². The van der Waals surface area contributed by atoms with E-state index in [0.29, 0.717) is 0 Å². The van der Waals surface area contributed by atoms with E-state index in [1.807, 2.05) is 0 Å². The number of rotatable bonds is 10. The third-order valence-corrected chi connectivity index (χ3v) is 4.87. The molecule has 0 aromatic rings. The molecule has 0 aromatic heterocycles. The van der Waals surface area contributed by atoms with Crippen LogP contribution in [-0.4, -0.2) is 97.9 Å². The zero-order valence-electron chi connectivity index (χ0n) is 21.8. The summed E-state index contributed by atoms with van der Waals surface area (Å²) < 4.78 is 51.4. The molecule has 7 atom stereocenters. The molecule has 1 heterocycles. The lowest BCUT2D eigenvalue weighted by atomic mass is 9.86. The predicted molar refractivity (Wildman–Crippen MR) is 117 cm³/mol. The lowest BCUT2D eigenvalue weighted by Crippen LogP contribution is -2.74. The van der Waals surface area contributed by atoms with Gasteiger partial charge in [-0.05, 0) is 0 Å². The third kappa shape index (κ3) is 8.36. The smallest absolute Gasteiger partial charge is 0.383 e. The summed E-state index contributed by atoms with van der Waals surface area (Å²) in [6.07, 6.45) is -10.4. The highest BCUT2D eigenvalue weighted by Gasteiger charge is 2.67. The standard InChI is InChI=1S/C22H30FNO14/c1-9(25)24-16-18(17(35-12(4)28)15(34-11(3)27)8-33-10(2)26)38-22(21(31)32-7,37-14(6)30)20(23)19(16)36-13(5)29/h15-20H,8H2,1-7H3,(H,24,25). The Kier molecular flexibility index (Phi) is 11.6. The summed E-state index contributed by atoms with van der Waals surface area (Å²) in [7, 11) is 0.811. The third-order valence-electron chi connectivity index (χ3n) is 4.87. The van der Waals surface area contributed by atoms with Crippen molar-refractivity contribution in [2.45, 2.75) is 84.0 Å². The molecule has 1 amide bonds. The van der Waals surface area contributed by atoms with Crippen LogP contribution in [0.2, 0.25) is 0 Å². The number of hydrogen-bond acceptors (Lipinski definition) is 14. The monoisotopic (exact) mass is 551 g/mol. The summed E-state index contributed by atoms with van der Waals surface area (Å²) in [5, 5.41) is 2.28. The van der Waals surface area contributed by atoms with Crippen LogP contribution < -0.4 is 5.32 Å². The Labute approximate surface area is 216 Å². The topological polar surface area (TPSA) is 196 Å². The van der Waals surface area contributed by atoms with E-state index in [1.54, 1.807) is 0 Å². The van der Waals surface area contributed by atoms with Gasteiger partial charge >= 0.3 is 41.6 Å². The first kappa shape index (κ1) is 32.2. The van der Waals surface area contributed by atoms with Crippen molar-refractivity contribution in [1.29, 1.82) is 0 Å². The van der Waals surface area contributed by atoms with Crippen LogP contribution in [0, 0.1) is 0 Å². The number of amides is 1.